The van der Waals surface area contributed by atoms with Crippen LogP contribution in [0, 0.1) is 0 Å². The lowest BCUT2D eigenvalue weighted by atomic mass is 10.1. The van der Waals surface area contributed by atoms with E-state index in [2.05, 4.69) is 20.8 Å². The zero-order valence-electron chi connectivity index (χ0n) is 12.8. The van der Waals surface area contributed by atoms with Gasteiger partial charge in [0.1, 0.15) is 0 Å². The molecule has 1 aromatic heterocycles. The van der Waals surface area contributed by atoms with Crippen LogP contribution < -0.4 is 20.1 Å². The Kier molecular flexibility index (Phi) is 5.24. The van der Waals surface area contributed by atoms with Crippen molar-refractivity contribution in [3.63, 3.8) is 0 Å². The third kappa shape index (κ3) is 3.91. The lowest BCUT2D eigenvalue weighted by Gasteiger charge is -2.17. The predicted molar refractivity (Wildman–Crippen MR) is 81.9 cm³/mol. The first kappa shape index (κ1) is 15.7. The molecule has 0 aliphatic heterocycles. The van der Waals surface area contributed by atoms with Crippen LogP contribution in [0.25, 0.3) is 0 Å². The number of carbonyl (C=O) groups is 1. The van der Waals surface area contributed by atoms with E-state index in [-0.39, 0.29) is 12.1 Å². The second-order valence-corrected chi connectivity index (χ2v) is 4.75. The summed E-state index contributed by atoms with van der Waals surface area (Å²) in [7, 11) is 3.17. The van der Waals surface area contributed by atoms with Crippen LogP contribution in [0.2, 0.25) is 0 Å². The highest BCUT2D eigenvalue weighted by Crippen LogP contribution is 2.29. The molecule has 0 saturated carbocycles. The number of hydrogen-bond acceptors (Lipinski definition) is 4. The highest BCUT2D eigenvalue weighted by Gasteiger charge is 2.12. The molecule has 22 heavy (non-hydrogen) atoms. The van der Waals surface area contributed by atoms with Crippen molar-refractivity contribution in [1.82, 2.24) is 20.8 Å². The summed E-state index contributed by atoms with van der Waals surface area (Å²) in [5, 5.41) is 12.2. The molecule has 0 aliphatic carbocycles. The van der Waals surface area contributed by atoms with Crippen LogP contribution in [-0.4, -0.2) is 30.4 Å². The number of hydrogen-bond donors (Lipinski definition) is 3. The number of urea groups is 1. The molecule has 1 unspecified atom stereocenters. The number of aromatic nitrogens is 2. The molecule has 1 aromatic carbocycles. The maximum absolute atomic E-state index is 11.9. The molecule has 0 radical (unpaired) electrons. The standard InChI is InChI=1S/C15H20N4O3/c1-10(11-4-5-13(21-2)14(8-11)22-3)18-15(20)16-9-12-6-7-17-19-12/h4-8,10H,9H2,1-3H3,(H,17,19)(H2,16,18,20). The van der Waals surface area contributed by atoms with E-state index in [1.54, 1.807) is 26.5 Å². The van der Waals surface area contributed by atoms with Crippen molar-refractivity contribution >= 4 is 6.03 Å². The molecular formula is C15H20N4O3. The Morgan fingerprint density at radius 3 is 2.68 bits per heavy atom. The molecular weight excluding hydrogens is 284 g/mol. The zero-order valence-corrected chi connectivity index (χ0v) is 12.8. The van der Waals surface area contributed by atoms with Crippen molar-refractivity contribution in [1.29, 1.82) is 0 Å². The molecule has 0 bridgehead atoms. The number of methoxy groups -OCH3 is 2. The minimum atomic E-state index is -0.253. The Hall–Kier alpha value is -2.70. The quantitative estimate of drug-likeness (QED) is 0.761. The van der Waals surface area contributed by atoms with Crippen LogP contribution in [0.15, 0.2) is 30.5 Å². The van der Waals surface area contributed by atoms with E-state index >= 15 is 0 Å². The fourth-order valence-electron chi connectivity index (χ4n) is 2.01. The number of aromatic amines is 1. The smallest absolute Gasteiger partial charge is 0.315 e. The lowest BCUT2D eigenvalue weighted by molar-refractivity contribution is 0.237. The third-order valence-electron chi connectivity index (χ3n) is 3.25. The van der Waals surface area contributed by atoms with Crippen LogP contribution in [0.4, 0.5) is 4.79 Å². The van der Waals surface area contributed by atoms with Gasteiger partial charge in [0.15, 0.2) is 11.5 Å². The SMILES string of the molecule is COc1ccc(C(C)NC(=O)NCc2ccn[nH]2)cc1OC. The van der Waals surface area contributed by atoms with Gasteiger partial charge in [0.25, 0.3) is 0 Å². The van der Waals surface area contributed by atoms with Gasteiger partial charge in [0, 0.05) is 6.20 Å². The van der Waals surface area contributed by atoms with Crippen molar-refractivity contribution in [3.8, 4) is 11.5 Å². The Morgan fingerprint density at radius 1 is 1.27 bits per heavy atom. The van der Waals surface area contributed by atoms with Gasteiger partial charge in [-0.05, 0) is 30.7 Å². The molecule has 7 nitrogen and oxygen atoms in total. The summed E-state index contributed by atoms with van der Waals surface area (Å²) in [6.07, 6.45) is 1.64. The largest absolute Gasteiger partial charge is 0.493 e. The monoisotopic (exact) mass is 304 g/mol. The number of nitrogens with zero attached hydrogens (tertiary/aromatic N) is 1. The van der Waals surface area contributed by atoms with Crippen LogP contribution in [-0.2, 0) is 6.54 Å². The van der Waals surface area contributed by atoms with Gasteiger partial charge in [-0.2, -0.15) is 5.10 Å². The average Bonchev–Trinajstić information content (AvgIpc) is 3.05. The minimum Gasteiger partial charge on any atom is -0.493 e. The van der Waals surface area contributed by atoms with Crippen molar-refractivity contribution < 1.29 is 14.3 Å². The molecule has 118 valence electrons. The van der Waals surface area contributed by atoms with E-state index < -0.39 is 0 Å². The first-order valence-corrected chi connectivity index (χ1v) is 6.88. The van der Waals surface area contributed by atoms with Crippen molar-refractivity contribution in [2.75, 3.05) is 14.2 Å². The highest BCUT2D eigenvalue weighted by atomic mass is 16.5. The maximum Gasteiger partial charge on any atom is 0.315 e. The topological polar surface area (TPSA) is 88.3 Å². The zero-order chi connectivity index (χ0) is 15.9. The van der Waals surface area contributed by atoms with Crippen LogP contribution in [0.5, 0.6) is 11.5 Å². The number of ether oxygens (including phenoxy) is 2. The van der Waals surface area contributed by atoms with Gasteiger partial charge >= 0.3 is 6.03 Å². The van der Waals surface area contributed by atoms with E-state index in [1.165, 1.54) is 0 Å². The number of rotatable bonds is 6. The summed E-state index contributed by atoms with van der Waals surface area (Å²) < 4.78 is 10.5. The normalized spacial score (nSPS) is 11.6. The Labute approximate surface area is 129 Å². The first-order chi connectivity index (χ1) is 10.6. The van der Waals surface area contributed by atoms with E-state index in [1.807, 2.05) is 25.1 Å². The average molecular weight is 304 g/mol. The Balaban J connectivity index is 1.93. The molecule has 1 atom stereocenters. The minimum absolute atomic E-state index is 0.165. The van der Waals surface area contributed by atoms with E-state index in [0.717, 1.165) is 11.3 Å². The highest BCUT2D eigenvalue weighted by molar-refractivity contribution is 5.74. The van der Waals surface area contributed by atoms with Crippen molar-refractivity contribution in [2.24, 2.45) is 0 Å². The molecule has 0 spiro atoms. The molecule has 2 aromatic rings. The van der Waals surface area contributed by atoms with Crippen LogP contribution in [0.1, 0.15) is 24.2 Å². The molecule has 0 fully saturated rings. The van der Waals surface area contributed by atoms with Gasteiger partial charge in [-0.25, -0.2) is 4.79 Å². The van der Waals surface area contributed by atoms with E-state index in [9.17, 15) is 4.79 Å². The third-order valence-corrected chi connectivity index (χ3v) is 3.25. The van der Waals surface area contributed by atoms with Gasteiger partial charge in [-0.3, -0.25) is 5.10 Å². The fraction of sp³-hybridized carbons (Fsp3) is 0.333. The molecule has 2 rings (SSSR count). The molecule has 3 N–H and O–H groups in total. The summed E-state index contributed by atoms with van der Waals surface area (Å²) in [6, 6.07) is 6.94. The summed E-state index contributed by atoms with van der Waals surface area (Å²) in [5.41, 5.74) is 1.77. The van der Waals surface area contributed by atoms with Crippen LogP contribution >= 0.6 is 0 Å². The molecule has 2 amide bonds. The van der Waals surface area contributed by atoms with Gasteiger partial charge in [-0.1, -0.05) is 6.07 Å². The summed E-state index contributed by atoms with van der Waals surface area (Å²) >= 11 is 0. The van der Waals surface area contributed by atoms with Gasteiger partial charge in [0.2, 0.25) is 0 Å². The Bertz CT molecular complexity index is 613. The fourth-order valence-corrected chi connectivity index (χ4v) is 2.01. The summed E-state index contributed by atoms with van der Waals surface area (Å²) in [4.78, 5) is 11.9. The van der Waals surface area contributed by atoms with Crippen molar-refractivity contribution in [3.05, 3.63) is 41.7 Å². The number of nitrogens with one attached hydrogen (secondary N) is 3. The van der Waals surface area contributed by atoms with Crippen LogP contribution in [0.3, 0.4) is 0 Å². The van der Waals surface area contributed by atoms with Gasteiger partial charge in [0.05, 0.1) is 32.5 Å². The van der Waals surface area contributed by atoms with E-state index in [0.29, 0.717) is 18.0 Å². The van der Waals surface area contributed by atoms with Crippen molar-refractivity contribution in [2.45, 2.75) is 19.5 Å². The molecule has 1 heterocycles. The lowest BCUT2D eigenvalue weighted by Crippen LogP contribution is -2.36. The molecule has 0 saturated heterocycles. The number of amides is 2. The number of carbonyl (C=O) groups excluding carboxylic acids is 1. The molecule has 0 aliphatic rings. The number of H-pyrrole nitrogens is 1. The Morgan fingerprint density at radius 2 is 2.05 bits per heavy atom. The summed E-state index contributed by atoms with van der Waals surface area (Å²) in [5.74, 6) is 1.29. The van der Waals surface area contributed by atoms with E-state index in [4.69, 9.17) is 9.47 Å². The second kappa shape index (κ2) is 7.35. The second-order valence-electron chi connectivity index (χ2n) is 4.75. The molecule has 7 heteroatoms. The summed E-state index contributed by atoms with van der Waals surface area (Å²) in [6.45, 7) is 2.29. The van der Waals surface area contributed by atoms with Gasteiger partial charge < -0.3 is 20.1 Å². The predicted octanol–water partition coefficient (Wildman–Crippen LogP) is 1.99. The first-order valence-electron chi connectivity index (χ1n) is 6.88. The maximum atomic E-state index is 11.9. The number of benzene rings is 1. The van der Waals surface area contributed by atoms with Gasteiger partial charge in [-0.15, -0.1) is 0 Å².